The van der Waals surface area contributed by atoms with Gasteiger partial charge in [-0.25, -0.2) is 14.4 Å². The van der Waals surface area contributed by atoms with Crippen molar-refractivity contribution in [2.75, 3.05) is 11.9 Å². The van der Waals surface area contributed by atoms with Crippen molar-refractivity contribution < 1.29 is 4.39 Å². The summed E-state index contributed by atoms with van der Waals surface area (Å²) in [6, 6.07) is 6.81. The number of halogens is 1. The van der Waals surface area contributed by atoms with Gasteiger partial charge in [0, 0.05) is 29.8 Å². The second-order valence-corrected chi connectivity index (χ2v) is 5.66. The third kappa shape index (κ3) is 3.20. The first-order valence-electron chi connectivity index (χ1n) is 7.56. The summed E-state index contributed by atoms with van der Waals surface area (Å²) in [7, 11) is 0. The topological polar surface area (TPSA) is 37.8 Å². The van der Waals surface area contributed by atoms with E-state index in [2.05, 4.69) is 23.3 Å². The Hall–Kier alpha value is -1.97. The lowest BCUT2D eigenvalue weighted by molar-refractivity contribution is 0.627. The summed E-state index contributed by atoms with van der Waals surface area (Å²) in [6.45, 7) is 4.91. The zero-order valence-electron chi connectivity index (χ0n) is 12.5. The highest BCUT2D eigenvalue weighted by Gasteiger charge is 2.26. The van der Waals surface area contributed by atoms with Crippen molar-refractivity contribution in [2.45, 2.75) is 39.0 Å². The molecule has 1 N–H and O–H groups in total. The van der Waals surface area contributed by atoms with E-state index < -0.39 is 0 Å². The first-order valence-corrected chi connectivity index (χ1v) is 7.56. The van der Waals surface area contributed by atoms with Gasteiger partial charge >= 0.3 is 0 Å². The number of rotatable bonds is 5. The maximum atomic E-state index is 13.3. The number of nitrogens with zero attached hydrogens (tertiary/aromatic N) is 2. The Morgan fingerprint density at radius 1 is 1.24 bits per heavy atom. The molecule has 0 spiro atoms. The van der Waals surface area contributed by atoms with Gasteiger partial charge in [0.2, 0.25) is 0 Å². The number of hydrogen-bond donors (Lipinski definition) is 1. The van der Waals surface area contributed by atoms with Crippen molar-refractivity contribution in [3.05, 3.63) is 41.3 Å². The first-order chi connectivity index (χ1) is 10.2. The van der Waals surface area contributed by atoms with E-state index in [9.17, 15) is 4.39 Å². The molecule has 1 aromatic heterocycles. The van der Waals surface area contributed by atoms with Crippen LogP contribution in [0.3, 0.4) is 0 Å². The summed E-state index contributed by atoms with van der Waals surface area (Å²) in [5.74, 6) is 1.90. The molecule has 0 radical (unpaired) electrons. The van der Waals surface area contributed by atoms with Crippen LogP contribution in [0.2, 0.25) is 0 Å². The summed E-state index contributed by atoms with van der Waals surface area (Å²) in [5, 5.41) is 3.33. The molecule has 1 fully saturated rings. The van der Waals surface area contributed by atoms with Crippen molar-refractivity contribution in [3.63, 3.8) is 0 Å². The standard InChI is InChI=1S/C17H20FN3/c1-3-8-19-16-10-15(12-4-5-12)20-17(21-16)14-7-6-13(18)9-11(14)2/h6-7,9-10,12H,3-5,8H2,1-2H3,(H,19,20,21). The molecular formula is C17H20FN3. The molecule has 1 heterocycles. The molecule has 1 aromatic carbocycles. The molecule has 3 rings (SSSR count). The van der Waals surface area contributed by atoms with Crippen molar-refractivity contribution in [1.29, 1.82) is 0 Å². The lowest BCUT2D eigenvalue weighted by atomic mass is 10.1. The SMILES string of the molecule is CCCNc1cc(C2CC2)nc(-c2ccc(F)cc2C)n1. The van der Waals surface area contributed by atoms with E-state index in [4.69, 9.17) is 4.98 Å². The molecular weight excluding hydrogens is 265 g/mol. The molecule has 110 valence electrons. The number of nitrogens with one attached hydrogen (secondary N) is 1. The molecule has 1 aliphatic carbocycles. The van der Waals surface area contributed by atoms with Gasteiger partial charge in [-0.2, -0.15) is 0 Å². The first kappa shape index (κ1) is 14.0. The van der Waals surface area contributed by atoms with E-state index in [1.54, 1.807) is 6.07 Å². The summed E-state index contributed by atoms with van der Waals surface area (Å²) in [6.07, 6.45) is 3.45. The number of aryl methyl sites for hydroxylation is 1. The molecule has 3 nitrogen and oxygen atoms in total. The van der Waals surface area contributed by atoms with Crippen LogP contribution >= 0.6 is 0 Å². The molecule has 0 saturated heterocycles. The van der Waals surface area contributed by atoms with E-state index in [1.165, 1.54) is 25.0 Å². The smallest absolute Gasteiger partial charge is 0.162 e. The van der Waals surface area contributed by atoms with Gasteiger partial charge in [-0.05, 0) is 49.9 Å². The number of hydrogen-bond acceptors (Lipinski definition) is 3. The molecule has 1 aliphatic rings. The number of aromatic nitrogens is 2. The monoisotopic (exact) mass is 285 g/mol. The lowest BCUT2D eigenvalue weighted by Crippen LogP contribution is -2.05. The van der Waals surface area contributed by atoms with E-state index in [0.717, 1.165) is 35.6 Å². The minimum absolute atomic E-state index is 0.223. The average molecular weight is 285 g/mol. The maximum absolute atomic E-state index is 13.3. The minimum Gasteiger partial charge on any atom is -0.370 e. The van der Waals surface area contributed by atoms with Crippen molar-refractivity contribution >= 4 is 5.82 Å². The van der Waals surface area contributed by atoms with Crippen LogP contribution < -0.4 is 5.32 Å². The lowest BCUT2D eigenvalue weighted by Gasteiger charge is -2.11. The second kappa shape index (κ2) is 5.80. The largest absolute Gasteiger partial charge is 0.370 e. The Balaban J connectivity index is 2.01. The van der Waals surface area contributed by atoms with Crippen LogP contribution in [0.1, 0.15) is 43.4 Å². The molecule has 0 bridgehead atoms. The number of benzene rings is 1. The van der Waals surface area contributed by atoms with Gasteiger partial charge in [0.15, 0.2) is 5.82 Å². The third-order valence-corrected chi connectivity index (χ3v) is 3.73. The van der Waals surface area contributed by atoms with Gasteiger partial charge in [0.05, 0.1) is 0 Å². The molecule has 21 heavy (non-hydrogen) atoms. The van der Waals surface area contributed by atoms with Crippen molar-refractivity contribution in [1.82, 2.24) is 9.97 Å². The fourth-order valence-corrected chi connectivity index (χ4v) is 2.40. The van der Waals surface area contributed by atoms with Crippen LogP contribution in [0.4, 0.5) is 10.2 Å². The Bertz CT molecular complexity index is 650. The molecule has 4 heteroatoms. The van der Waals surface area contributed by atoms with E-state index in [-0.39, 0.29) is 5.82 Å². The zero-order chi connectivity index (χ0) is 14.8. The van der Waals surface area contributed by atoms with Crippen LogP contribution in [-0.2, 0) is 0 Å². The summed E-state index contributed by atoms with van der Waals surface area (Å²) < 4.78 is 13.3. The Morgan fingerprint density at radius 3 is 2.71 bits per heavy atom. The molecule has 0 atom stereocenters. The van der Waals surface area contributed by atoms with Gasteiger partial charge in [-0.1, -0.05) is 6.92 Å². The predicted octanol–water partition coefficient (Wildman–Crippen LogP) is 4.29. The fraction of sp³-hybridized carbons (Fsp3) is 0.412. The molecule has 0 unspecified atom stereocenters. The molecule has 0 amide bonds. The summed E-state index contributed by atoms with van der Waals surface area (Å²) in [4.78, 5) is 9.29. The van der Waals surface area contributed by atoms with E-state index >= 15 is 0 Å². The van der Waals surface area contributed by atoms with Crippen molar-refractivity contribution in [3.8, 4) is 11.4 Å². The van der Waals surface area contributed by atoms with Crippen LogP contribution in [-0.4, -0.2) is 16.5 Å². The maximum Gasteiger partial charge on any atom is 0.162 e. The van der Waals surface area contributed by atoms with Crippen LogP contribution in [0.5, 0.6) is 0 Å². The quantitative estimate of drug-likeness (QED) is 0.890. The molecule has 1 saturated carbocycles. The highest BCUT2D eigenvalue weighted by atomic mass is 19.1. The highest BCUT2D eigenvalue weighted by molar-refractivity contribution is 5.62. The average Bonchev–Trinajstić information content (AvgIpc) is 3.29. The van der Waals surface area contributed by atoms with Crippen LogP contribution in [0.25, 0.3) is 11.4 Å². The number of anilines is 1. The van der Waals surface area contributed by atoms with Gasteiger partial charge in [-0.3, -0.25) is 0 Å². The second-order valence-electron chi connectivity index (χ2n) is 5.66. The summed E-state index contributed by atoms with van der Waals surface area (Å²) >= 11 is 0. The third-order valence-electron chi connectivity index (χ3n) is 3.73. The van der Waals surface area contributed by atoms with Crippen LogP contribution in [0, 0.1) is 12.7 Å². The Kier molecular flexibility index (Phi) is 3.86. The Labute approximate surface area is 124 Å². The highest BCUT2D eigenvalue weighted by Crippen LogP contribution is 2.40. The van der Waals surface area contributed by atoms with Gasteiger partial charge in [0.1, 0.15) is 11.6 Å². The van der Waals surface area contributed by atoms with E-state index in [1.807, 2.05) is 6.92 Å². The van der Waals surface area contributed by atoms with Crippen LogP contribution in [0.15, 0.2) is 24.3 Å². The fourth-order valence-electron chi connectivity index (χ4n) is 2.40. The zero-order valence-corrected chi connectivity index (χ0v) is 12.5. The van der Waals surface area contributed by atoms with Gasteiger partial charge in [0.25, 0.3) is 0 Å². The minimum atomic E-state index is -0.223. The molecule has 0 aliphatic heterocycles. The normalized spacial score (nSPS) is 14.2. The van der Waals surface area contributed by atoms with Gasteiger partial charge in [-0.15, -0.1) is 0 Å². The summed E-state index contributed by atoms with van der Waals surface area (Å²) in [5.41, 5.74) is 2.87. The van der Waals surface area contributed by atoms with Gasteiger partial charge < -0.3 is 5.32 Å². The van der Waals surface area contributed by atoms with E-state index in [0.29, 0.717) is 11.7 Å². The predicted molar refractivity (Wildman–Crippen MR) is 82.9 cm³/mol. The Morgan fingerprint density at radius 2 is 2.05 bits per heavy atom. The molecule has 2 aromatic rings. The van der Waals surface area contributed by atoms with Crippen molar-refractivity contribution in [2.24, 2.45) is 0 Å².